The maximum Gasteiger partial charge on any atom is 0.337 e. The van der Waals surface area contributed by atoms with E-state index in [1.165, 1.54) is 24.2 Å². The molecule has 0 aromatic carbocycles. The summed E-state index contributed by atoms with van der Waals surface area (Å²) >= 11 is 0. The predicted octanol–water partition coefficient (Wildman–Crippen LogP) is 0.181. The average Bonchev–Trinajstić information content (AvgIpc) is 2.58. The van der Waals surface area contributed by atoms with Crippen molar-refractivity contribution in [1.29, 1.82) is 0 Å². The number of amides is 3. The first-order valence-corrected chi connectivity index (χ1v) is 5.66. The van der Waals surface area contributed by atoms with Crippen LogP contribution in [0.2, 0.25) is 0 Å². The molecule has 0 radical (unpaired) electrons. The minimum atomic E-state index is -1.05. The Kier molecular flexibility index (Phi) is 3.20. The summed E-state index contributed by atoms with van der Waals surface area (Å²) in [6.07, 6.45) is 1.51. The number of hydrogen-bond donors (Lipinski definition) is 2. The van der Waals surface area contributed by atoms with E-state index < -0.39 is 18.0 Å². The van der Waals surface area contributed by atoms with Gasteiger partial charge in [0, 0.05) is 25.4 Å². The van der Waals surface area contributed by atoms with Crippen LogP contribution in [0.4, 0.5) is 4.79 Å². The molecule has 0 saturated carbocycles. The molecule has 7 nitrogen and oxygen atoms in total. The zero-order valence-corrected chi connectivity index (χ0v) is 10.5. The van der Waals surface area contributed by atoms with Gasteiger partial charge in [-0.3, -0.25) is 15.1 Å². The molecule has 7 heteroatoms. The molecule has 2 N–H and O–H groups in total. The largest absolute Gasteiger partial charge is 0.478 e. The van der Waals surface area contributed by atoms with E-state index in [2.05, 4.69) is 10.3 Å². The molecule has 19 heavy (non-hydrogen) atoms. The van der Waals surface area contributed by atoms with Gasteiger partial charge >= 0.3 is 12.0 Å². The average molecular weight is 263 g/mol. The number of hydrogen-bond acceptors (Lipinski definition) is 4. The van der Waals surface area contributed by atoms with Gasteiger partial charge in [-0.1, -0.05) is 0 Å². The Morgan fingerprint density at radius 2 is 2.21 bits per heavy atom. The molecular formula is C12H13N3O4. The van der Waals surface area contributed by atoms with Gasteiger partial charge in [-0.25, -0.2) is 9.59 Å². The molecule has 1 aromatic rings. The first kappa shape index (κ1) is 13.0. The molecule has 100 valence electrons. The number of rotatable bonds is 3. The second-order valence-electron chi connectivity index (χ2n) is 4.42. The van der Waals surface area contributed by atoms with Gasteiger partial charge in [0.2, 0.25) is 0 Å². The molecule has 1 fully saturated rings. The first-order chi connectivity index (χ1) is 8.90. The maximum absolute atomic E-state index is 11.6. The van der Waals surface area contributed by atoms with Crippen LogP contribution < -0.4 is 5.32 Å². The van der Waals surface area contributed by atoms with Crippen LogP contribution in [0.1, 0.15) is 21.6 Å². The Morgan fingerprint density at radius 1 is 1.53 bits per heavy atom. The number of nitrogens with zero attached hydrogens (tertiary/aromatic N) is 2. The Labute approximate surface area is 109 Å². The fourth-order valence-corrected chi connectivity index (χ4v) is 1.94. The van der Waals surface area contributed by atoms with Gasteiger partial charge in [0.25, 0.3) is 5.91 Å². The highest BCUT2D eigenvalue weighted by Gasteiger charge is 2.36. The van der Waals surface area contributed by atoms with Crippen LogP contribution in [0.3, 0.4) is 0 Å². The lowest BCUT2D eigenvalue weighted by molar-refractivity contribution is -0.121. The molecular weight excluding hydrogens is 250 g/mol. The van der Waals surface area contributed by atoms with Crippen molar-refractivity contribution in [2.45, 2.75) is 19.4 Å². The Balaban J connectivity index is 2.22. The van der Waals surface area contributed by atoms with E-state index in [9.17, 15) is 14.4 Å². The Hall–Kier alpha value is -2.44. The van der Waals surface area contributed by atoms with E-state index in [0.717, 1.165) is 0 Å². The van der Waals surface area contributed by atoms with Crippen LogP contribution in [0.15, 0.2) is 12.3 Å². The highest BCUT2D eigenvalue weighted by molar-refractivity contribution is 6.04. The number of carbonyl (C=O) groups excluding carboxylic acids is 2. The summed E-state index contributed by atoms with van der Waals surface area (Å²) < 4.78 is 0. The van der Waals surface area contributed by atoms with Crippen molar-refractivity contribution in [2.24, 2.45) is 0 Å². The summed E-state index contributed by atoms with van der Waals surface area (Å²) in [5, 5.41) is 11.1. The van der Waals surface area contributed by atoms with E-state index in [4.69, 9.17) is 5.11 Å². The van der Waals surface area contributed by atoms with Crippen LogP contribution in [-0.2, 0) is 11.2 Å². The third kappa shape index (κ3) is 2.40. The number of carboxylic acid groups (broad SMARTS) is 1. The van der Waals surface area contributed by atoms with E-state index in [1.807, 2.05) is 0 Å². The number of imide groups is 1. The van der Waals surface area contributed by atoms with Gasteiger partial charge in [0.05, 0.1) is 5.56 Å². The molecule has 0 spiro atoms. The zero-order valence-electron chi connectivity index (χ0n) is 10.5. The number of urea groups is 1. The van der Waals surface area contributed by atoms with Crippen LogP contribution in [0.5, 0.6) is 0 Å². The van der Waals surface area contributed by atoms with Gasteiger partial charge in [0.1, 0.15) is 6.04 Å². The highest BCUT2D eigenvalue weighted by atomic mass is 16.4. The van der Waals surface area contributed by atoms with Crippen molar-refractivity contribution in [3.05, 3.63) is 29.1 Å². The molecule has 2 rings (SSSR count). The fraction of sp³-hybridized carbons (Fsp3) is 0.333. The lowest BCUT2D eigenvalue weighted by Gasteiger charge is -2.16. The Morgan fingerprint density at radius 3 is 2.68 bits per heavy atom. The van der Waals surface area contributed by atoms with Gasteiger partial charge in [-0.15, -0.1) is 0 Å². The number of carbonyl (C=O) groups is 3. The number of likely N-dealkylation sites (N-methyl/N-ethyl adjacent to an activating group) is 1. The Bertz CT molecular complexity index is 570. The van der Waals surface area contributed by atoms with Gasteiger partial charge in [-0.2, -0.15) is 0 Å². The zero-order chi connectivity index (χ0) is 14.2. The lowest BCUT2D eigenvalue weighted by atomic mass is 10.0. The minimum absolute atomic E-state index is 0.0987. The molecule has 0 aliphatic carbocycles. The monoisotopic (exact) mass is 263 g/mol. The number of nitrogens with one attached hydrogen (secondary N) is 1. The molecule has 3 amide bonds. The van der Waals surface area contributed by atoms with E-state index >= 15 is 0 Å². The number of pyridine rings is 1. The molecule has 1 aromatic heterocycles. The smallest absolute Gasteiger partial charge is 0.337 e. The van der Waals surface area contributed by atoms with E-state index in [-0.39, 0.29) is 17.9 Å². The number of aromatic nitrogens is 1. The van der Waals surface area contributed by atoms with Crippen molar-refractivity contribution >= 4 is 17.9 Å². The third-order valence-corrected chi connectivity index (χ3v) is 3.14. The molecule has 1 atom stereocenters. The van der Waals surface area contributed by atoms with Crippen molar-refractivity contribution in [3.8, 4) is 0 Å². The summed E-state index contributed by atoms with van der Waals surface area (Å²) in [6, 6.07) is 0.462. The summed E-state index contributed by atoms with van der Waals surface area (Å²) in [5.74, 6) is -1.41. The molecule has 1 aliphatic rings. The van der Waals surface area contributed by atoms with Crippen LogP contribution in [-0.4, -0.2) is 46.0 Å². The maximum atomic E-state index is 11.6. The summed E-state index contributed by atoms with van der Waals surface area (Å²) in [6.45, 7) is 1.73. The second kappa shape index (κ2) is 4.68. The van der Waals surface area contributed by atoms with Gasteiger partial charge < -0.3 is 10.0 Å². The minimum Gasteiger partial charge on any atom is -0.478 e. The highest BCUT2D eigenvalue weighted by Crippen LogP contribution is 2.15. The second-order valence-corrected chi connectivity index (χ2v) is 4.42. The topological polar surface area (TPSA) is 99.6 Å². The lowest BCUT2D eigenvalue weighted by Crippen LogP contribution is -2.33. The van der Waals surface area contributed by atoms with Crippen molar-refractivity contribution in [3.63, 3.8) is 0 Å². The third-order valence-electron chi connectivity index (χ3n) is 3.14. The summed E-state index contributed by atoms with van der Waals surface area (Å²) in [7, 11) is 1.53. The summed E-state index contributed by atoms with van der Waals surface area (Å²) in [5.41, 5.74) is 1.38. The normalized spacial score (nSPS) is 18.6. The van der Waals surface area contributed by atoms with Crippen LogP contribution in [0.25, 0.3) is 0 Å². The van der Waals surface area contributed by atoms with Crippen molar-refractivity contribution in [2.75, 3.05) is 7.05 Å². The molecule has 0 bridgehead atoms. The molecule has 1 aliphatic heterocycles. The summed E-state index contributed by atoms with van der Waals surface area (Å²) in [4.78, 5) is 39.1. The molecule has 1 unspecified atom stereocenters. The van der Waals surface area contributed by atoms with E-state index in [1.54, 1.807) is 6.92 Å². The van der Waals surface area contributed by atoms with E-state index in [0.29, 0.717) is 11.3 Å². The van der Waals surface area contributed by atoms with Gasteiger partial charge in [-0.05, 0) is 18.6 Å². The predicted molar refractivity (Wildman–Crippen MR) is 64.7 cm³/mol. The SMILES string of the molecule is Cc1cc(C(=O)O)cnc1CC1C(=O)NC(=O)N1C. The molecule has 1 saturated heterocycles. The number of carboxylic acids is 1. The molecule has 2 heterocycles. The van der Waals surface area contributed by atoms with Crippen LogP contribution >= 0.6 is 0 Å². The standard InChI is InChI=1S/C12H13N3O4/c1-6-3-7(11(17)18)5-13-8(6)4-9-10(16)14-12(19)15(9)2/h3,5,9H,4H2,1-2H3,(H,17,18)(H,14,16,19). The quantitative estimate of drug-likeness (QED) is 0.758. The fourth-order valence-electron chi connectivity index (χ4n) is 1.94. The van der Waals surface area contributed by atoms with Crippen molar-refractivity contribution in [1.82, 2.24) is 15.2 Å². The first-order valence-electron chi connectivity index (χ1n) is 5.66. The van der Waals surface area contributed by atoms with Crippen molar-refractivity contribution < 1.29 is 19.5 Å². The number of aromatic carboxylic acids is 1. The number of aryl methyl sites for hydroxylation is 1. The van der Waals surface area contributed by atoms with Crippen LogP contribution in [0, 0.1) is 6.92 Å². The van der Waals surface area contributed by atoms with Gasteiger partial charge in [0.15, 0.2) is 0 Å².